The van der Waals surface area contributed by atoms with Crippen LogP contribution in [-0.4, -0.2) is 72.5 Å². The van der Waals surface area contributed by atoms with Crippen molar-refractivity contribution in [1.82, 2.24) is 15.0 Å². The molecule has 3 atom stereocenters. The van der Waals surface area contributed by atoms with Crippen LogP contribution in [0.3, 0.4) is 0 Å². The summed E-state index contributed by atoms with van der Waals surface area (Å²) in [5.41, 5.74) is 0.963. The van der Waals surface area contributed by atoms with Crippen LogP contribution in [0.15, 0.2) is 10.6 Å². The van der Waals surface area contributed by atoms with Gasteiger partial charge in [0.2, 0.25) is 0 Å². The fourth-order valence-electron chi connectivity index (χ4n) is 4.01. The summed E-state index contributed by atoms with van der Waals surface area (Å²) in [5, 5.41) is 4.07. The zero-order valence-electron chi connectivity index (χ0n) is 14.1. The number of aryl methyl sites for hydroxylation is 1. The highest BCUT2D eigenvalue weighted by molar-refractivity contribution is 5.81. The van der Waals surface area contributed by atoms with E-state index in [2.05, 4.69) is 10.1 Å². The number of amides is 1. The van der Waals surface area contributed by atoms with Gasteiger partial charge in [-0.3, -0.25) is 9.69 Å². The maximum atomic E-state index is 12.6. The van der Waals surface area contributed by atoms with Crippen LogP contribution in [0, 0.1) is 12.8 Å². The number of nitrogens with zero attached hydrogens (tertiary/aromatic N) is 3. The molecule has 0 radical (unpaired) electrons. The molecular formula is C17H25N3O4. The zero-order chi connectivity index (χ0) is 16.5. The molecule has 0 saturated carbocycles. The minimum Gasteiger partial charge on any atom is -0.378 e. The maximum absolute atomic E-state index is 12.6. The molecule has 0 bridgehead atoms. The van der Waals surface area contributed by atoms with Crippen LogP contribution in [-0.2, 0) is 20.8 Å². The average Bonchev–Trinajstić information content (AvgIpc) is 3.20. The molecule has 0 aromatic carbocycles. The Balaban J connectivity index is 1.32. The number of fused-ring (bicyclic) bond motifs is 1. The van der Waals surface area contributed by atoms with Crippen molar-refractivity contribution in [3.63, 3.8) is 0 Å². The average molecular weight is 335 g/mol. The lowest BCUT2D eigenvalue weighted by Crippen LogP contribution is -2.46. The van der Waals surface area contributed by atoms with E-state index in [9.17, 15) is 4.79 Å². The third kappa shape index (κ3) is 3.34. The van der Waals surface area contributed by atoms with Crippen LogP contribution in [0.2, 0.25) is 0 Å². The Morgan fingerprint density at radius 2 is 2.17 bits per heavy atom. The second-order valence-corrected chi connectivity index (χ2v) is 7.05. The predicted octanol–water partition coefficient (Wildman–Crippen LogP) is 0.821. The first-order valence-corrected chi connectivity index (χ1v) is 8.85. The number of piperidine rings is 1. The van der Waals surface area contributed by atoms with Crippen LogP contribution >= 0.6 is 0 Å². The van der Waals surface area contributed by atoms with Gasteiger partial charge in [0.1, 0.15) is 11.9 Å². The lowest BCUT2D eigenvalue weighted by atomic mass is 9.91. The van der Waals surface area contributed by atoms with Crippen LogP contribution in [0.1, 0.15) is 24.3 Å². The predicted molar refractivity (Wildman–Crippen MR) is 85.3 cm³/mol. The standard InChI is InChI=1S/C17H25N3O4/c1-12-8-14(18-24-12)10-19-3-2-13-9-15(23-16(13)11-19)17(21)20-4-6-22-7-5-20/h8,13,15-16H,2-7,9-11H2,1H3/t13-,15+,16-/m0/s1. The topological polar surface area (TPSA) is 68.0 Å². The third-order valence-electron chi connectivity index (χ3n) is 5.30. The van der Waals surface area contributed by atoms with Crippen molar-refractivity contribution in [2.45, 2.75) is 38.5 Å². The Labute approximate surface area is 141 Å². The first-order valence-electron chi connectivity index (χ1n) is 8.85. The molecule has 3 saturated heterocycles. The number of hydrogen-bond acceptors (Lipinski definition) is 6. The van der Waals surface area contributed by atoms with E-state index in [1.165, 1.54) is 0 Å². The van der Waals surface area contributed by atoms with E-state index in [0.717, 1.165) is 43.9 Å². The Kier molecular flexibility index (Phi) is 4.56. The maximum Gasteiger partial charge on any atom is 0.251 e. The van der Waals surface area contributed by atoms with Gasteiger partial charge in [0.15, 0.2) is 0 Å². The van der Waals surface area contributed by atoms with Gasteiger partial charge in [-0.1, -0.05) is 5.16 Å². The molecule has 3 aliphatic rings. The summed E-state index contributed by atoms with van der Waals surface area (Å²) in [5.74, 6) is 1.48. The summed E-state index contributed by atoms with van der Waals surface area (Å²) in [6.45, 7) is 7.22. The number of rotatable bonds is 3. The highest BCUT2D eigenvalue weighted by atomic mass is 16.5. The smallest absolute Gasteiger partial charge is 0.251 e. The molecule has 7 nitrogen and oxygen atoms in total. The number of hydrogen-bond donors (Lipinski definition) is 0. The van der Waals surface area contributed by atoms with Gasteiger partial charge in [-0.15, -0.1) is 0 Å². The molecule has 3 aliphatic heterocycles. The summed E-state index contributed by atoms with van der Waals surface area (Å²) >= 11 is 0. The third-order valence-corrected chi connectivity index (χ3v) is 5.30. The highest BCUT2D eigenvalue weighted by Gasteiger charge is 2.43. The fraction of sp³-hybridized carbons (Fsp3) is 0.765. The lowest BCUT2D eigenvalue weighted by Gasteiger charge is -2.33. The van der Waals surface area contributed by atoms with E-state index in [-0.39, 0.29) is 18.1 Å². The van der Waals surface area contributed by atoms with Gasteiger partial charge in [0.05, 0.1) is 25.0 Å². The molecule has 1 aromatic rings. The summed E-state index contributed by atoms with van der Waals surface area (Å²) in [6.07, 6.45) is 1.82. The molecule has 1 aromatic heterocycles. The number of ether oxygens (including phenoxy) is 2. The Bertz CT molecular complexity index is 584. The first-order chi connectivity index (χ1) is 11.7. The van der Waals surface area contributed by atoms with Crippen molar-refractivity contribution < 1.29 is 18.8 Å². The summed E-state index contributed by atoms with van der Waals surface area (Å²) < 4.78 is 16.6. The van der Waals surface area contributed by atoms with Crippen molar-refractivity contribution in [3.8, 4) is 0 Å². The highest BCUT2D eigenvalue weighted by Crippen LogP contribution is 2.34. The number of morpholine rings is 1. The fourth-order valence-corrected chi connectivity index (χ4v) is 4.01. The largest absolute Gasteiger partial charge is 0.378 e. The second kappa shape index (κ2) is 6.82. The molecule has 1 amide bonds. The van der Waals surface area contributed by atoms with E-state index in [0.29, 0.717) is 32.2 Å². The molecule has 4 heterocycles. The number of likely N-dealkylation sites (tertiary alicyclic amines) is 1. The summed E-state index contributed by atoms with van der Waals surface area (Å²) in [7, 11) is 0. The van der Waals surface area contributed by atoms with Crippen molar-refractivity contribution in [2.24, 2.45) is 5.92 Å². The molecule has 24 heavy (non-hydrogen) atoms. The van der Waals surface area contributed by atoms with Gasteiger partial charge in [0, 0.05) is 32.2 Å². The van der Waals surface area contributed by atoms with Crippen molar-refractivity contribution in [3.05, 3.63) is 17.5 Å². The Morgan fingerprint density at radius 3 is 2.92 bits per heavy atom. The molecular weight excluding hydrogens is 310 g/mol. The van der Waals surface area contributed by atoms with Gasteiger partial charge >= 0.3 is 0 Å². The van der Waals surface area contributed by atoms with E-state index in [4.69, 9.17) is 14.0 Å². The zero-order valence-corrected chi connectivity index (χ0v) is 14.1. The molecule has 0 N–H and O–H groups in total. The SMILES string of the molecule is Cc1cc(CN2CC[C@H]3C[C@H](C(=O)N4CCOCC4)O[C@H]3C2)no1. The summed E-state index contributed by atoms with van der Waals surface area (Å²) in [6, 6.07) is 1.98. The van der Waals surface area contributed by atoms with Gasteiger partial charge in [0.25, 0.3) is 5.91 Å². The van der Waals surface area contributed by atoms with E-state index < -0.39 is 0 Å². The van der Waals surface area contributed by atoms with E-state index in [1.54, 1.807) is 0 Å². The first kappa shape index (κ1) is 16.1. The quantitative estimate of drug-likeness (QED) is 0.815. The molecule has 7 heteroatoms. The van der Waals surface area contributed by atoms with Crippen LogP contribution in [0.4, 0.5) is 0 Å². The second-order valence-electron chi connectivity index (χ2n) is 7.05. The Hall–Kier alpha value is -1.44. The minimum absolute atomic E-state index is 0.145. The van der Waals surface area contributed by atoms with Crippen LogP contribution < -0.4 is 0 Å². The molecule has 4 rings (SSSR count). The van der Waals surface area contributed by atoms with Crippen LogP contribution in [0.25, 0.3) is 0 Å². The monoisotopic (exact) mass is 335 g/mol. The minimum atomic E-state index is -0.271. The number of carbonyl (C=O) groups is 1. The molecule has 0 spiro atoms. The van der Waals surface area contributed by atoms with E-state index in [1.807, 2.05) is 17.9 Å². The summed E-state index contributed by atoms with van der Waals surface area (Å²) in [4.78, 5) is 16.9. The van der Waals surface area contributed by atoms with Crippen molar-refractivity contribution in [1.29, 1.82) is 0 Å². The number of carbonyl (C=O) groups excluding carboxylic acids is 1. The molecule has 0 aliphatic carbocycles. The van der Waals surface area contributed by atoms with Gasteiger partial charge < -0.3 is 18.9 Å². The normalized spacial score (nSPS) is 31.2. The number of aromatic nitrogens is 1. The van der Waals surface area contributed by atoms with E-state index >= 15 is 0 Å². The Morgan fingerprint density at radius 1 is 1.33 bits per heavy atom. The molecule has 132 valence electrons. The lowest BCUT2D eigenvalue weighted by molar-refractivity contribution is -0.147. The molecule has 3 fully saturated rings. The van der Waals surface area contributed by atoms with Crippen molar-refractivity contribution >= 4 is 5.91 Å². The van der Waals surface area contributed by atoms with Crippen molar-refractivity contribution in [2.75, 3.05) is 39.4 Å². The van der Waals surface area contributed by atoms with Gasteiger partial charge in [-0.05, 0) is 32.2 Å². The van der Waals surface area contributed by atoms with Crippen LogP contribution in [0.5, 0.6) is 0 Å². The molecule has 0 unspecified atom stereocenters. The van der Waals surface area contributed by atoms with Gasteiger partial charge in [-0.25, -0.2) is 0 Å². The van der Waals surface area contributed by atoms with Gasteiger partial charge in [-0.2, -0.15) is 0 Å².